The van der Waals surface area contributed by atoms with Crippen molar-refractivity contribution in [3.63, 3.8) is 0 Å². The minimum Gasteiger partial charge on any atom is -0.478 e. The quantitative estimate of drug-likeness (QED) is 0.677. The topological polar surface area (TPSA) is 37.3 Å². The number of aliphatic carboxylic acids is 1. The van der Waals surface area contributed by atoms with Crippen LogP contribution in [0.2, 0.25) is 5.02 Å². The maximum atomic E-state index is 13.2. The highest BCUT2D eigenvalue weighted by molar-refractivity contribution is 6.30. The first-order valence-electron chi connectivity index (χ1n) is 5.53. The molecule has 0 amide bonds. The van der Waals surface area contributed by atoms with Gasteiger partial charge in [-0.05, 0) is 35.4 Å². The zero-order chi connectivity index (χ0) is 13.8. The summed E-state index contributed by atoms with van der Waals surface area (Å²) in [5.74, 6) is -1.58. The summed E-state index contributed by atoms with van der Waals surface area (Å²) in [6.45, 7) is 0. The minimum absolute atomic E-state index is 0.0854. The van der Waals surface area contributed by atoms with Gasteiger partial charge in [0.15, 0.2) is 0 Å². The van der Waals surface area contributed by atoms with Crippen molar-refractivity contribution >= 4 is 29.2 Å². The van der Waals surface area contributed by atoms with Crippen molar-refractivity contribution in [2.75, 3.05) is 0 Å². The second-order valence-corrected chi connectivity index (χ2v) is 4.37. The Morgan fingerprint density at radius 2 is 1.84 bits per heavy atom. The number of carboxylic acids is 1. The lowest BCUT2D eigenvalue weighted by Gasteiger charge is -2.03. The van der Waals surface area contributed by atoms with Gasteiger partial charge in [0.2, 0.25) is 0 Å². The van der Waals surface area contributed by atoms with E-state index in [2.05, 4.69) is 0 Å². The van der Waals surface area contributed by atoms with E-state index >= 15 is 0 Å². The van der Waals surface area contributed by atoms with Gasteiger partial charge in [0.1, 0.15) is 5.82 Å². The fraction of sp³-hybridized carbons (Fsp3) is 0. The van der Waals surface area contributed by atoms with Gasteiger partial charge in [-0.15, -0.1) is 0 Å². The van der Waals surface area contributed by atoms with Crippen LogP contribution in [0.1, 0.15) is 11.1 Å². The van der Waals surface area contributed by atoms with Gasteiger partial charge in [-0.1, -0.05) is 41.9 Å². The SMILES string of the molecule is O=C(O)/C(=C/c1cc(F)cc(Cl)c1)c1ccccc1. The first kappa shape index (κ1) is 13.3. The van der Waals surface area contributed by atoms with Crippen molar-refractivity contribution in [1.82, 2.24) is 0 Å². The van der Waals surface area contributed by atoms with Gasteiger partial charge in [-0.3, -0.25) is 0 Å². The second kappa shape index (κ2) is 5.67. The number of halogens is 2. The predicted octanol–water partition coefficient (Wildman–Crippen LogP) is 4.10. The van der Waals surface area contributed by atoms with Crippen LogP contribution in [0.5, 0.6) is 0 Å². The van der Waals surface area contributed by atoms with Gasteiger partial charge >= 0.3 is 5.97 Å². The smallest absolute Gasteiger partial charge is 0.336 e. The summed E-state index contributed by atoms with van der Waals surface area (Å²) in [7, 11) is 0. The van der Waals surface area contributed by atoms with Crippen LogP contribution in [0.15, 0.2) is 48.5 Å². The Kier molecular flexibility index (Phi) is 3.97. The van der Waals surface area contributed by atoms with Crippen molar-refractivity contribution in [3.05, 3.63) is 70.5 Å². The van der Waals surface area contributed by atoms with E-state index in [-0.39, 0.29) is 10.6 Å². The third kappa shape index (κ3) is 3.42. The first-order valence-corrected chi connectivity index (χ1v) is 5.90. The fourth-order valence-electron chi connectivity index (χ4n) is 1.71. The van der Waals surface area contributed by atoms with E-state index in [1.807, 2.05) is 0 Å². The van der Waals surface area contributed by atoms with E-state index in [9.17, 15) is 14.3 Å². The Morgan fingerprint density at radius 3 is 2.42 bits per heavy atom. The molecule has 2 rings (SSSR count). The Bertz CT molecular complexity index is 616. The molecule has 2 aromatic rings. The van der Waals surface area contributed by atoms with Gasteiger partial charge in [-0.2, -0.15) is 0 Å². The Labute approximate surface area is 114 Å². The molecule has 19 heavy (non-hydrogen) atoms. The molecule has 0 bridgehead atoms. The normalized spacial score (nSPS) is 11.4. The zero-order valence-corrected chi connectivity index (χ0v) is 10.6. The first-order chi connectivity index (χ1) is 9.06. The molecule has 0 aliphatic rings. The number of benzene rings is 2. The molecular weight excluding hydrogens is 267 g/mol. The van der Waals surface area contributed by atoms with E-state index in [4.69, 9.17) is 11.6 Å². The molecule has 0 aliphatic carbocycles. The Hall–Kier alpha value is -2.13. The van der Waals surface area contributed by atoms with Crippen molar-refractivity contribution in [3.8, 4) is 0 Å². The fourth-order valence-corrected chi connectivity index (χ4v) is 1.94. The molecule has 0 spiro atoms. The largest absolute Gasteiger partial charge is 0.478 e. The monoisotopic (exact) mass is 276 g/mol. The molecule has 0 atom stereocenters. The lowest BCUT2D eigenvalue weighted by molar-refractivity contribution is -0.130. The van der Waals surface area contributed by atoms with Gasteiger partial charge in [0, 0.05) is 5.02 Å². The highest BCUT2D eigenvalue weighted by atomic mass is 35.5. The number of carbonyl (C=O) groups is 1. The number of hydrogen-bond donors (Lipinski definition) is 1. The van der Waals surface area contributed by atoms with Crippen LogP contribution in [-0.4, -0.2) is 11.1 Å². The average Bonchev–Trinajstić information content (AvgIpc) is 2.35. The molecule has 0 saturated carbocycles. The summed E-state index contributed by atoms with van der Waals surface area (Å²) in [5.41, 5.74) is 1.05. The molecule has 0 unspecified atom stereocenters. The zero-order valence-electron chi connectivity index (χ0n) is 9.81. The summed E-state index contributed by atoms with van der Waals surface area (Å²) in [6, 6.07) is 12.6. The Morgan fingerprint density at radius 1 is 1.16 bits per heavy atom. The summed E-state index contributed by atoms with van der Waals surface area (Å²) in [5, 5.41) is 9.46. The van der Waals surface area contributed by atoms with E-state index in [0.29, 0.717) is 11.1 Å². The van der Waals surface area contributed by atoms with Crippen LogP contribution < -0.4 is 0 Å². The standard InChI is InChI=1S/C15H10ClFO2/c16-12-6-10(7-13(17)9-12)8-14(15(18)19)11-4-2-1-3-5-11/h1-9H,(H,18,19)/b14-8+. The molecule has 0 aromatic heterocycles. The third-order valence-electron chi connectivity index (χ3n) is 2.51. The highest BCUT2D eigenvalue weighted by Crippen LogP contribution is 2.21. The molecule has 0 aliphatic heterocycles. The molecular formula is C15H10ClFO2. The van der Waals surface area contributed by atoms with Gasteiger partial charge in [0.05, 0.1) is 5.57 Å². The second-order valence-electron chi connectivity index (χ2n) is 3.93. The predicted molar refractivity (Wildman–Crippen MR) is 73.4 cm³/mol. The minimum atomic E-state index is -1.08. The molecule has 1 N–H and O–H groups in total. The number of carboxylic acid groups (broad SMARTS) is 1. The van der Waals surface area contributed by atoms with E-state index in [1.165, 1.54) is 24.3 Å². The van der Waals surface area contributed by atoms with Crippen LogP contribution in [0.4, 0.5) is 4.39 Å². The molecule has 0 radical (unpaired) electrons. The highest BCUT2D eigenvalue weighted by Gasteiger charge is 2.10. The van der Waals surface area contributed by atoms with Crippen molar-refractivity contribution < 1.29 is 14.3 Å². The number of hydrogen-bond acceptors (Lipinski definition) is 1. The van der Waals surface area contributed by atoms with Crippen LogP contribution in [0.25, 0.3) is 11.6 Å². The summed E-state index contributed by atoms with van der Waals surface area (Å²) in [4.78, 5) is 11.3. The summed E-state index contributed by atoms with van der Waals surface area (Å²) < 4.78 is 13.2. The molecule has 0 heterocycles. The van der Waals surface area contributed by atoms with Gasteiger partial charge in [0.25, 0.3) is 0 Å². The van der Waals surface area contributed by atoms with Gasteiger partial charge in [-0.25, -0.2) is 9.18 Å². The summed E-state index contributed by atoms with van der Waals surface area (Å²) >= 11 is 5.74. The third-order valence-corrected chi connectivity index (χ3v) is 2.73. The van der Waals surface area contributed by atoms with Crippen LogP contribution >= 0.6 is 11.6 Å². The van der Waals surface area contributed by atoms with Crippen molar-refractivity contribution in [2.45, 2.75) is 0 Å². The van der Waals surface area contributed by atoms with Gasteiger partial charge < -0.3 is 5.11 Å². The van der Waals surface area contributed by atoms with Crippen molar-refractivity contribution in [1.29, 1.82) is 0 Å². The molecule has 2 nitrogen and oxygen atoms in total. The molecule has 0 fully saturated rings. The Balaban J connectivity index is 2.50. The number of rotatable bonds is 3. The maximum absolute atomic E-state index is 13.2. The van der Waals surface area contributed by atoms with Crippen molar-refractivity contribution in [2.24, 2.45) is 0 Å². The maximum Gasteiger partial charge on any atom is 0.336 e. The van der Waals surface area contributed by atoms with Crippen LogP contribution in [0, 0.1) is 5.82 Å². The summed E-state index contributed by atoms with van der Waals surface area (Å²) in [6.07, 6.45) is 1.40. The van der Waals surface area contributed by atoms with Crippen LogP contribution in [-0.2, 0) is 4.79 Å². The molecule has 0 saturated heterocycles. The lowest BCUT2D eigenvalue weighted by Crippen LogP contribution is -1.99. The molecule has 2 aromatic carbocycles. The average molecular weight is 277 g/mol. The van der Waals surface area contributed by atoms with Crippen LogP contribution in [0.3, 0.4) is 0 Å². The van der Waals surface area contributed by atoms with E-state index in [1.54, 1.807) is 30.3 Å². The van der Waals surface area contributed by atoms with E-state index < -0.39 is 11.8 Å². The molecule has 4 heteroatoms. The molecule has 96 valence electrons. The lowest BCUT2D eigenvalue weighted by atomic mass is 10.0. The van der Waals surface area contributed by atoms with E-state index in [0.717, 1.165) is 0 Å².